The third-order valence-corrected chi connectivity index (χ3v) is 5.81. The van der Waals surface area contributed by atoms with Crippen LogP contribution in [-0.4, -0.2) is 87.8 Å². The van der Waals surface area contributed by atoms with Crippen LogP contribution >= 0.6 is 0 Å². The molecule has 1 aliphatic rings. The van der Waals surface area contributed by atoms with Gasteiger partial charge in [0.25, 0.3) is 0 Å². The molecule has 170 valence electrons. The van der Waals surface area contributed by atoms with Crippen LogP contribution in [-0.2, 0) is 0 Å². The van der Waals surface area contributed by atoms with E-state index in [0.717, 1.165) is 45.1 Å². The highest BCUT2D eigenvalue weighted by Crippen LogP contribution is 2.12. The zero-order chi connectivity index (χ0) is 21.4. The molecule has 0 radical (unpaired) electrons. The predicted molar refractivity (Wildman–Crippen MR) is 131 cm³/mol. The third-order valence-electron chi connectivity index (χ3n) is 5.81. The van der Waals surface area contributed by atoms with E-state index in [9.17, 15) is 0 Å². The molecule has 1 aliphatic heterocycles. The minimum absolute atomic E-state index is 0.848. The average Bonchev–Trinajstić information content (AvgIpc) is 2.79. The lowest BCUT2D eigenvalue weighted by molar-refractivity contribution is 0.136. The summed E-state index contributed by atoms with van der Waals surface area (Å²) in [4.78, 5) is 12.3. The van der Waals surface area contributed by atoms with Gasteiger partial charge in [0.1, 0.15) is 0 Å². The molecule has 0 unspecified atom stereocenters. The van der Waals surface area contributed by atoms with Crippen molar-refractivity contribution in [3.63, 3.8) is 0 Å². The topological polar surface area (TPSA) is 46.1 Å². The number of piperazine rings is 1. The third kappa shape index (κ3) is 9.35. The molecule has 1 heterocycles. The summed E-state index contributed by atoms with van der Waals surface area (Å²) in [5.41, 5.74) is 1.30. The van der Waals surface area contributed by atoms with Crippen LogP contribution in [0, 0.1) is 0 Å². The van der Waals surface area contributed by atoms with Crippen LogP contribution in [0.1, 0.15) is 40.0 Å². The number of hydrogen-bond acceptors (Lipinski definition) is 4. The first kappa shape index (κ1) is 24.5. The van der Waals surface area contributed by atoms with Crippen molar-refractivity contribution in [2.45, 2.75) is 40.0 Å². The Morgan fingerprint density at radius 1 is 0.933 bits per heavy atom. The molecule has 30 heavy (non-hydrogen) atoms. The van der Waals surface area contributed by atoms with Crippen molar-refractivity contribution in [2.75, 3.05) is 76.9 Å². The van der Waals surface area contributed by atoms with E-state index < -0.39 is 0 Å². The number of nitrogens with zero attached hydrogens (tertiary/aromatic N) is 4. The van der Waals surface area contributed by atoms with Crippen molar-refractivity contribution < 1.29 is 0 Å². The molecule has 6 nitrogen and oxygen atoms in total. The summed E-state index contributed by atoms with van der Waals surface area (Å²) in [6, 6.07) is 10.6. The van der Waals surface area contributed by atoms with Crippen molar-refractivity contribution in [3.8, 4) is 0 Å². The van der Waals surface area contributed by atoms with Gasteiger partial charge in [-0.15, -0.1) is 0 Å². The Kier molecular flexibility index (Phi) is 12.3. The SMILES string of the molecule is CCNC(=NCCCN(CC)c1ccccc1)NCCCCN1CCN(CC)CC1. The summed E-state index contributed by atoms with van der Waals surface area (Å²) in [7, 11) is 0. The van der Waals surface area contributed by atoms with Crippen LogP contribution in [0.5, 0.6) is 0 Å². The lowest BCUT2D eigenvalue weighted by atomic mass is 10.2. The second kappa shape index (κ2) is 15.1. The van der Waals surface area contributed by atoms with E-state index >= 15 is 0 Å². The van der Waals surface area contributed by atoms with Crippen LogP contribution < -0.4 is 15.5 Å². The second-order valence-electron chi connectivity index (χ2n) is 7.94. The molecule has 0 spiro atoms. The highest BCUT2D eigenvalue weighted by atomic mass is 15.3. The number of likely N-dealkylation sites (N-methyl/N-ethyl adjacent to an activating group) is 1. The van der Waals surface area contributed by atoms with Crippen molar-refractivity contribution in [2.24, 2.45) is 4.99 Å². The number of nitrogens with one attached hydrogen (secondary N) is 2. The van der Waals surface area contributed by atoms with Crippen molar-refractivity contribution in [1.82, 2.24) is 20.4 Å². The fraction of sp³-hybridized carbons (Fsp3) is 0.708. The number of aliphatic imine (C=N–C) groups is 1. The molecule has 0 saturated carbocycles. The van der Waals surface area contributed by atoms with Crippen molar-refractivity contribution in [1.29, 1.82) is 0 Å². The van der Waals surface area contributed by atoms with Gasteiger partial charge in [-0.3, -0.25) is 4.99 Å². The summed E-state index contributed by atoms with van der Waals surface area (Å²) >= 11 is 0. The standard InChI is InChI=1S/C24H44N6/c1-4-25-24(26-15-10-11-17-29-21-19-28(5-2)20-22-29)27-16-12-18-30(6-3)23-13-8-7-9-14-23/h7-9,13-14H,4-6,10-12,15-22H2,1-3H3,(H2,25,26,27). The molecule has 0 atom stereocenters. The minimum Gasteiger partial charge on any atom is -0.372 e. The van der Waals surface area contributed by atoms with Gasteiger partial charge in [-0.25, -0.2) is 0 Å². The summed E-state index contributed by atoms with van der Waals surface area (Å²) in [5, 5.41) is 6.88. The van der Waals surface area contributed by atoms with Gasteiger partial charge in [-0.1, -0.05) is 25.1 Å². The smallest absolute Gasteiger partial charge is 0.191 e. The van der Waals surface area contributed by atoms with E-state index in [0.29, 0.717) is 0 Å². The first-order valence-corrected chi connectivity index (χ1v) is 12.0. The fourth-order valence-electron chi connectivity index (χ4n) is 3.90. The van der Waals surface area contributed by atoms with Gasteiger partial charge in [-0.05, 0) is 58.3 Å². The molecule has 0 amide bonds. The molecular formula is C24H44N6. The summed E-state index contributed by atoms with van der Waals surface area (Å²) in [6.07, 6.45) is 3.50. The molecule has 0 aromatic heterocycles. The van der Waals surface area contributed by atoms with Crippen LogP contribution in [0.2, 0.25) is 0 Å². The first-order valence-electron chi connectivity index (χ1n) is 12.0. The number of rotatable bonds is 13. The number of anilines is 1. The Hall–Kier alpha value is -1.79. The van der Waals surface area contributed by atoms with Crippen molar-refractivity contribution in [3.05, 3.63) is 30.3 Å². The molecule has 1 aromatic rings. The maximum atomic E-state index is 4.77. The van der Waals surface area contributed by atoms with Gasteiger partial charge in [-0.2, -0.15) is 0 Å². The summed E-state index contributed by atoms with van der Waals surface area (Å²) in [5.74, 6) is 0.955. The monoisotopic (exact) mass is 416 g/mol. The first-order chi connectivity index (χ1) is 14.8. The number of para-hydroxylation sites is 1. The second-order valence-corrected chi connectivity index (χ2v) is 7.94. The maximum absolute atomic E-state index is 4.77. The van der Waals surface area contributed by atoms with Gasteiger partial charge in [0, 0.05) is 64.6 Å². The fourth-order valence-corrected chi connectivity index (χ4v) is 3.90. The van der Waals surface area contributed by atoms with Gasteiger partial charge >= 0.3 is 0 Å². The zero-order valence-electron chi connectivity index (χ0n) is 19.6. The van der Waals surface area contributed by atoms with E-state index in [1.165, 1.54) is 57.8 Å². The van der Waals surface area contributed by atoms with E-state index in [-0.39, 0.29) is 0 Å². The number of benzene rings is 1. The molecule has 2 rings (SSSR count). The number of hydrogen-bond donors (Lipinski definition) is 2. The minimum atomic E-state index is 0.848. The summed E-state index contributed by atoms with van der Waals surface area (Å²) < 4.78 is 0. The molecule has 0 bridgehead atoms. The molecule has 0 aliphatic carbocycles. The van der Waals surface area contributed by atoms with Gasteiger partial charge < -0.3 is 25.3 Å². The van der Waals surface area contributed by atoms with Crippen LogP contribution in [0.4, 0.5) is 5.69 Å². The van der Waals surface area contributed by atoms with E-state index in [1.807, 2.05) is 0 Å². The number of guanidine groups is 1. The Bertz CT molecular complexity index is 568. The Morgan fingerprint density at radius 3 is 2.33 bits per heavy atom. The molecule has 6 heteroatoms. The zero-order valence-corrected chi connectivity index (χ0v) is 19.6. The molecule has 2 N–H and O–H groups in total. The van der Waals surface area contributed by atoms with Crippen LogP contribution in [0.15, 0.2) is 35.3 Å². The van der Waals surface area contributed by atoms with Crippen LogP contribution in [0.3, 0.4) is 0 Å². The average molecular weight is 417 g/mol. The highest BCUT2D eigenvalue weighted by molar-refractivity contribution is 5.79. The Labute approximate surface area is 184 Å². The Morgan fingerprint density at radius 2 is 1.67 bits per heavy atom. The highest BCUT2D eigenvalue weighted by Gasteiger charge is 2.14. The summed E-state index contributed by atoms with van der Waals surface area (Å²) in [6.45, 7) is 18.7. The Balaban J connectivity index is 1.60. The van der Waals surface area contributed by atoms with Gasteiger partial charge in [0.2, 0.25) is 0 Å². The molecule has 1 fully saturated rings. The molecular weight excluding hydrogens is 372 g/mol. The number of unbranched alkanes of at least 4 members (excludes halogenated alkanes) is 1. The lowest BCUT2D eigenvalue weighted by Crippen LogP contribution is -2.46. The van der Waals surface area contributed by atoms with E-state index in [4.69, 9.17) is 4.99 Å². The van der Waals surface area contributed by atoms with E-state index in [1.54, 1.807) is 0 Å². The van der Waals surface area contributed by atoms with Gasteiger partial charge in [0.05, 0.1) is 0 Å². The maximum Gasteiger partial charge on any atom is 0.191 e. The molecule has 1 aromatic carbocycles. The largest absolute Gasteiger partial charge is 0.372 e. The van der Waals surface area contributed by atoms with Crippen molar-refractivity contribution >= 4 is 11.6 Å². The van der Waals surface area contributed by atoms with E-state index in [2.05, 4.69) is 76.4 Å². The van der Waals surface area contributed by atoms with Crippen LogP contribution in [0.25, 0.3) is 0 Å². The quantitative estimate of drug-likeness (QED) is 0.294. The van der Waals surface area contributed by atoms with Gasteiger partial charge in [0.15, 0.2) is 5.96 Å². The lowest BCUT2D eigenvalue weighted by Gasteiger charge is -2.34. The molecule has 1 saturated heterocycles. The predicted octanol–water partition coefficient (Wildman–Crippen LogP) is 2.88. The normalized spacial score (nSPS) is 15.9.